The zero-order valence-electron chi connectivity index (χ0n) is 18.1. The van der Waals surface area contributed by atoms with Crippen LogP contribution in [-0.2, 0) is 4.79 Å². The minimum absolute atomic E-state index is 0.00231. The van der Waals surface area contributed by atoms with E-state index in [4.69, 9.17) is 9.15 Å². The zero-order valence-corrected chi connectivity index (χ0v) is 18.1. The number of rotatable bonds is 5. The molecule has 8 heteroatoms. The molecule has 0 aliphatic carbocycles. The minimum atomic E-state index is -0.431. The SMILES string of the molecule is Cc1cc(=O)oc2cc(OCC(=O)Nc3ccc(C(=O)N4CCN(C)CC4)cc3)ccc12. The summed E-state index contributed by atoms with van der Waals surface area (Å²) in [7, 11) is 2.04. The number of likely N-dealkylation sites (N-methyl/N-ethyl adjacent to an activating group) is 1. The topological polar surface area (TPSA) is 92.1 Å². The van der Waals surface area contributed by atoms with Crippen LogP contribution in [0.2, 0.25) is 0 Å². The first-order valence-electron chi connectivity index (χ1n) is 10.4. The Labute approximate surface area is 185 Å². The number of benzene rings is 2. The van der Waals surface area contributed by atoms with Gasteiger partial charge in [-0.25, -0.2) is 4.79 Å². The van der Waals surface area contributed by atoms with Gasteiger partial charge < -0.3 is 24.3 Å². The smallest absolute Gasteiger partial charge is 0.336 e. The standard InChI is InChI=1S/C24H25N3O5/c1-16-13-23(29)32-21-14-19(7-8-20(16)21)31-15-22(28)25-18-5-3-17(4-6-18)24(30)27-11-9-26(2)10-12-27/h3-8,13-14H,9-12,15H2,1-2H3,(H,25,28). The highest BCUT2D eigenvalue weighted by Crippen LogP contribution is 2.22. The van der Waals surface area contributed by atoms with Crippen molar-refractivity contribution >= 4 is 28.5 Å². The van der Waals surface area contributed by atoms with Crippen molar-refractivity contribution < 1.29 is 18.7 Å². The number of amides is 2. The first-order valence-corrected chi connectivity index (χ1v) is 10.4. The summed E-state index contributed by atoms with van der Waals surface area (Å²) < 4.78 is 10.7. The highest BCUT2D eigenvalue weighted by molar-refractivity contribution is 5.96. The predicted molar refractivity (Wildman–Crippen MR) is 121 cm³/mol. The number of hydrogen-bond acceptors (Lipinski definition) is 6. The van der Waals surface area contributed by atoms with Crippen molar-refractivity contribution in [2.75, 3.05) is 45.2 Å². The quantitative estimate of drug-likeness (QED) is 0.619. The molecule has 2 aromatic carbocycles. The number of carbonyl (C=O) groups is 2. The Morgan fingerprint density at radius 1 is 1.03 bits per heavy atom. The lowest BCUT2D eigenvalue weighted by molar-refractivity contribution is -0.118. The fourth-order valence-corrected chi connectivity index (χ4v) is 3.63. The number of ether oxygens (including phenoxy) is 1. The monoisotopic (exact) mass is 435 g/mol. The van der Waals surface area contributed by atoms with Crippen molar-refractivity contribution in [3.63, 3.8) is 0 Å². The van der Waals surface area contributed by atoms with Gasteiger partial charge in [-0.05, 0) is 55.9 Å². The van der Waals surface area contributed by atoms with Crippen molar-refractivity contribution in [3.05, 3.63) is 70.1 Å². The Morgan fingerprint density at radius 2 is 1.75 bits per heavy atom. The van der Waals surface area contributed by atoms with Crippen LogP contribution >= 0.6 is 0 Å². The summed E-state index contributed by atoms with van der Waals surface area (Å²) in [5, 5.41) is 3.56. The van der Waals surface area contributed by atoms with Crippen molar-refractivity contribution in [2.24, 2.45) is 0 Å². The summed E-state index contributed by atoms with van der Waals surface area (Å²) in [4.78, 5) is 40.5. The minimum Gasteiger partial charge on any atom is -0.484 e. The second-order valence-corrected chi connectivity index (χ2v) is 7.92. The van der Waals surface area contributed by atoms with Crippen LogP contribution in [0, 0.1) is 6.92 Å². The predicted octanol–water partition coefficient (Wildman–Crippen LogP) is 2.51. The second-order valence-electron chi connectivity index (χ2n) is 7.92. The summed E-state index contributed by atoms with van der Waals surface area (Å²) in [5.74, 6) is 0.0842. The van der Waals surface area contributed by atoms with Gasteiger partial charge in [0, 0.05) is 54.9 Å². The number of carbonyl (C=O) groups excluding carboxylic acids is 2. The molecular formula is C24H25N3O5. The molecule has 32 heavy (non-hydrogen) atoms. The average molecular weight is 435 g/mol. The molecule has 0 atom stereocenters. The van der Waals surface area contributed by atoms with Gasteiger partial charge >= 0.3 is 5.63 Å². The fourth-order valence-electron chi connectivity index (χ4n) is 3.63. The summed E-state index contributed by atoms with van der Waals surface area (Å²) in [6, 6.07) is 13.4. The molecule has 4 rings (SSSR count). The summed E-state index contributed by atoms with van der Waals surface area (Å²) in [6.45, 7) is 4.78. The third-order valence-electron chi connectivity index (χ3n) is 5.50. The number of aryl methyl sites for hydroxylation is 1. The Hall–Kier alpha value is -3.65. The highest BCUT2D eigenvalue weighted by atomic mass is 16.5. The average Bonchev–Trinajstić information content (AvgIpc) is 2.78. The van der Waals surface area contributed by atoms with E-state index in [1.807, 2.05) is 18.9 Å². The van der Waals surface area contributed by atoms with E-state index < -0.39 is 5.63 Å². The molecule has 0 spiro atoms. The third-order valence-corrected chi connectivity index (χ3v) is 5.50. The molecule has 1 saturated heterocycles. The highest BCUT2D eigenvalue weighted by Gasteiger charge is 2.20. The van der Waals surface area contributed by atoms with E-state index in [1.54, 1.807) is 42.5 Å². The van der Waals surface area contributed by atoms with Gasteiger partial charge in [0.15, 0.2) is 6.61 Å². The van der Waals surface area contributed by atoms with Gasteiger partial charge in [0.2, 0.25) is 0 Å². The van der Waals surface area contributed by atoms with E-state index in [0.29, 0.717) is 35.7 Å². The maximum absolute atomic E-state index is 12.6. The molecule has 1 N–H and O–H groups in total. The Bertz CT molecular complexity index is 1190. The van der Waals surface area contributed by atoms with Gasteiger partial charge in [0.25, 0.3) is 11.8 Å². The Balaban J connectivity index is 1.33. The first kappa shape index (κ1) is 21.6. The second kappa shape index (κ2) is 9.23. The van der Waals surface area contributed by atoms with Crippen molar-refractivity contribution in [2.45, 2.75) is 6.92 Å². The lowest BCUT2D eigenvalue weighted by Crippen LogP contribution is -2.47. The Kier molecular flexibility index (Phi) is 6.23. The van der Waals surface area contributed by atoms with Gasteiger partial charge in [-0.1, -0.05) is 0 Å². The van der Waals surface area contributed by atoms with Crippen molar-refractivity contribution in [1.29, 1.82) is 0 Å². The van der Waals surface area contributed by atoms with Crippen LogP contribution in [0.5, 0.6) is 5.75 Å². The van der Waals surface area contributed by atoms with E-state index in [9.17, 15) is 14.4 Å². The number of piperazine rings is 1. The van der Waals surface area contributed by atoms with E-state index in [2.05, 4.69) is 10.2 Å². The van der Waals surface area contributed by atoms with E-state index in [0.717, 1.165) is 24.0 Å². The van der Waals surface area contributed by atoms with Gasteiger partial charge in [0.1, 0.15) is 11.3 Å². The van der Waals surface area contributed by atoms with Crippen LogP contribution in [0.25, 0.3) is 11.0 Å². The van der Waals surface area contributed by atoms with Crippen LogP contribution in [0.3, 0.4) is 0 Å². The number of fused-ring (bicyclic) bond motifs is 1. The molecule has 3 aromatic rings. The van der Waals surface area contributed by atoms with Crippen LogP contribution in [-0.4, -0.2) is 61.4 Å². The van der Waals surface area contributed by atoms with Gasteiger partial charge in [-0.2, -0.15) is 0 Å². The van der Waals surface area contributed by atoms with Gasteiger partial charge in [0.05, 0.1) is 0 Å². The molecule has 0 unspecified atom stereocenters. The molecule has 0 radical (unpaired) electrons. The van der Waals surface area contributed by atoms with Gasteiger partial charge in [-0.15, -0.1) is 0 Å². The molecule has 0 bridgehead atoms. The zero-order chi connectivity index (χ0) is 22.7. The normalized spacial score (nSPS) is 14.4. The lowest BCUT2D eigenvalue weighted by Gasteiger charge is -2.32. The molecule has 1 fully saturated rings. The van der Waals surface area contributed by atoms with Crippen LogP contribution in [0.15, 0.2) is 57.7 Å². The fraction of sp³-hybridized carbons (Fsp3) is 0.292. The molecule has 166 valence electrons. The first-order chi connectivity index (χ1) is 15.4. The van der Waals surface area contributed by atoms with E-state index in [1.165, 1.54) is 6.07 Å². The van der Waals surface area contributed by atoms with Crippen LogP contribution in [0.4, 0.5) is 5.69 Å². The molecule has 2 heterocycles. The number of nitrogens with zero attached hydrogens (tertiary/aromatic N) is 2. The Morgan fingerprint density at radius 3 is 2.47 bits per heavy atom. The molecule has 0 saturated carbocycles. The van der Waals surface area contributed by atoms with E-state index in [-0.39, 0.29) is 18.4 Å². The molecule has 1 aliphatic heterocycles. The number of hydrogen-bond donors (Lipinski definition) is 1. The largest absolute Gasteiger partial charge is 0.484 e. The molecule has 8 nitrogen and oxygen atoms in total. The maximum Gasteiger partial charge on any atom is 0.336 e. The summed E-state index contributed by atoms with van der Waals surface area (Å²) in [5.41, 5.74) is 1.97. The lowest BCUT2D eigenvalue weighted by atomic mass is 10.1. The van der Waals surface area contributed by atoms with Crippen molar-refractivity contribution in [1.82, 2.24) is 9.80 Å². The van der Waals surface area contributed by atoms with Crippen molar-refractivity contribution in [3.8, 4) is 5.75 Å². The van der Waals surface area contributed by atoms with Crippen LogP contribution < -0.4 is 15.7 Å². The molecule has 2 amide bonds. The van der Waals surface area contributed by atoms with Crippen LogP contribution in [0.1, 0.15) is 15.9 Å². The molecule has 1 aliphatic rings. The summed E-state index contributed by atoms with van der Waals surface area (Å²) in [6.07, 6.45) is 0. The maximum atomic E-state index is 12.6. The summed E-state index contributed by atoms with van der Waals surface area (Å²) >= 11 is 0. The number of nitrogens with one attached hydrogen (secondary N) is 1. The third kappa shape index (κ3) is 4.97. The molecular weight excluding hydrogens is 410 g/mol. The number of anilines is 1. The molecule has 1 aromatic heterocycles. The van der Waals surface area contributed by atoms with Gasteiger partial charge in [-0.3, -0.25) is 9.59 Å². The van der Waals surface area contributed by atoms with E-state index >= 15 is 0 Å².